The third-order valence-corrected chi connectivity index (χ3v) is 5.19. The predicted octanol–water partition coefficient (Wildman–Crippen LogP) is 5.94. The van der Waals surface area contributed by atoms with Crippen molar-refractivity contribution < 1.29 is 14.6 Å². The first-order valence-corrected chi connectivity index (χ1v) is 10.3. The number of carboxylic acid groups (broad SMARTS) is 1. The van der Waals surface area contributed by atoms with Crippen LogP contribution in [0.15, 0.2) is 54.7 Å². The summed E-state index contributed by atoms with van der Waals surface area (Å²) in [6, 6.07) is 14.5. The van der Waals surface area contributed by atoms with Crippen molar-refractivity contribution in [3.8, 4) is 5.75 Å². The van der Waals surface area contributed by atoms with Crippen LogP contribution in [0.4, 0.5) is 11.4 Å². The van der Waals surface area contributed by atoms with E-state index in [1.807, 2.05) is 12.3 Å². The Labute approximate surface area is 185 Å². The van der Waals surface area contributed by atoms with Gasteiger partial charge in [-0.15, -0.1) is 0 Å². The number of carboxylic acids is 1. The number of halogens is 2. The van der Waals surface area contributed by atoms with Crippen molar-refractivity contribution in [2.45, 2.75) is 26.2 Å². The number of anilines is 2. The van der Waals surface area contributed by atoms with Gasteiger partial charge in [-0.25, -0.2) is 0 Å². The van der Waals surface area contributed by atoms with Crippen LogP contribution in [-0.2, 0) is 24.1 Å². The molecular weight excluding hydrogens is 423 g/mol. The molecule has 156 valence electrons. The molecule has 0 aliphatic rings. The molecule has 0 unspecified atom stereocenters. The van der Waals surface area contributed by atoms with Gasteiger partial charge in [-0.05, 0) is 53.9 Å². The number of pyridine rings is 1. The largest absolute Gasteiger partial charge is 0.493 e. The van der Waals surface area contributed by atoms with Gasteiger partial charge in [-0.1, -0.05) is 42.3 Å². The fourth-order valence-electron chi connectivity index (χ4n) is 2.93. The number of nitrogens with zero attached hydrogens (tertiary/aromatic N) is 1. The summed E-state index contributed by atoms with van der Waals surface area (Å²) in [5.74, 6) is -0.354. The van der Waals surface area contributed by atoms with Crippen molar-refractivity contribution in [1.29, 1.82) is 0 Å². The highest BCUT2D eigenvalue weighted by Crippen LogP contribution is 2.34. The van der Waals surface area contributed by atoms with E-state index in [1.54, 1.807) is 36.4 Å². The van der Waals surface area contributed by atoms with Gasteiger partial charge in [0.15, 0.2) is 0 Å². The van der Waals surface area contributed by atoms with Gasteiger partial charge in [-0.3, -0.25) is 9.78 Å². The minimum absolute atomic E-state index is 0.165. The Morgan fingerprint density at radius 1 is 1.13 bits per heavy atom. The molecule has 7 heteroatoms. The maximum atomic E-state index is 11.3. The zero-order valence-corrected chi connectivity index (χ0v) is 18.0. The lowest BCUT2D eigenvalue weighted by Crippen LogP contribution is -2.07. The lowest BCUT2D eigenvalue weighted by Gasteiger charge is -2.15. The quantitative estimate of drug-likeness (QED) is 0.426. The maximum Gasteiger partial charge on any atom is 0.307 e. The van der Waals surface area contributed by atoms with Crippen LogP contribution in [0.2, 0.25) is 10.0 Å². The minimum Gasteiger partial charge on any atom is -0.493 e. The topological polar surface area (TPSA) is 71.5 Å². The van der Waals surface area contributed by atoms with Crippen LogP contribution in [0.5, 0.6) is 5.75 Å². The van der Waals surface area contributed by atoms with Crippen molar-refractivity contribution in [2.24, 2.45) is 0 Å². The summed E-state index contributed by atoms with van der Waals surface area (Å²) in [6.07, 6.45) is 3.33. The molecule has 0 bridgehead atoms. The molecular formula is C23H22Cl2N2O3. The third kappa shape index (κ3) is 5.88. The SMILES string of the molecule is CCc1ccc(CCOc2ccc(Nc3c(Cl)cccc3Cl)c(CC(=O)O)c2)nc1. The Balaban J connectivity index is 1.72. The summed E-state index contributed by atoms with van der Waals surface area (Å²) < 4.78 is 5.83. The Kier molecular flexibility index (Phi) is 7.55. The molecule has 2 aromatic carbocycles. The number of aromatic nitrogens is 1. The molecule has 0 aliphatic carbocycles. The Bertz CT molecular complexity index is 1000. The highest BCUT2D eigenvalue weighted by atomic mass is 35.5. The van der Waals surface area contributed by atoms with Crippen LogP contribution in [0, 0.1) is 0 Å². The summed E-state index contributed by atoms with van der Waals surface area (Å²) >= 11 is 12.4. The fraction of sp³-hybridized carbons (Fsp3) is 0.217. The maximum absolute atomic E-state index is 11.3. The molecule has 0 saturated carbocycles. The van der Waals surface area contributed by atoms with E-state index >= 15 is 0 Å². The van der Waals surface area contributed by atoms with Crippen LogP contribution >= 0.6 is 23.2 Å². The van der Waals surface area contributed by atoms with Crippen molar-refractivity contribution in [2.75, 3.05) is 11.9 Å². The van der Waals surface area contributed by atoms with E-state index < -0.39 is 5.97 Å². The summed E-state index contributed by atoms with van der Waals surface area (Å²) in [6.45, 7) is 2.53. The molecule has 3 rings (SSSR count). The molecule has 1 aromatic heterocycles. The molecule has 0 atom stereocenters. The normalized spacial score (nSPS) is 10.6. The molecule has 0 radical (unpaired) electrons. The number of aliphatic carboxylic acids is 1. The van der Waals surface area contributed by atoms with Crippen molar-refractivity contribution >= 4 is 40.5 Å². The van der Waals surface area contributed by atoms with Gasteiger partial charge >= 0.3 is 5.97 Å². The standard InChI is InChI=1S/C23H22Cl2N2O3/c1-2-15-6-7-17(26-14-15)10-11-30-18-8-9-21(16(12-18)13-22(28)29)27-23-19(24)4-3-5-20(23)25/h3-9,12,14,27H,2,10-11,13H2,1H3,(H,28,29). The van der Waals surface area contributed by atoms with Gasteiger partial charge in [0.1, 0.15) is 5.75 Å². The second kappa shape index (κ2) is 10.3. The fourth-order valence-corrected chi connectivity index (χ4v) is 3.42. The molecule has 0 saturated heterocycles. The molecule has 30 heavy (non-hydrogen) atoms. The highest BCUT2D eigenvalue weighted by Gasteiger charge is 2.12. The monoisotopic (exact) mass is 444 g/mol. The first-order chi connectivity index (χ1) is 14.5. The first kappa shape index (κ1) is 21.9. The minimum atomic E-state index is -0.944. The van der Waals surface area contributed by atoms with Crippen molar-refractivity contribution in [3.05, 3.63) is 81.6 Å². The van der Waals surface area contributed by atoms with E-state index in [1.165, 1.54) is 5.56 Å². The average molecular weight is 445 g/mol. The second-order valence-electron chi connectivity index (χ2n) is 6.72. The van der Waals surface area contributed by atoms with E-state index in [-0.39, 0.29) is 6.42 Å². The number of hydrogen-bond acceptors (Lipinski definition) is 4. The smallest absolute Gasteiger partial charge is 0.307 e. The summed E-state index contributed by atoms with van der Waals surface area (Å²) in [5.41, 5.74) is 3.85. The molecule has 0 amide bonds. The first-order valence-electron chi connectivity index (χ1n) is 9.58. The zero-order valence-electron chi connectivity index (χ0n) is 16.5. The van der Waals surface area contributed by atoms with Crippen molar-refractivity contribution in [1.82, 2.24) is 4.98 Å². The van der Waals surface area contributed by atoms with E-state index in [2.05, 4.69) is 23.3 Å². The molecule has 0 spiro atoms. The second-order valence-corrected chi connectivity index (χ2v) is 7.54. The number of nitrogens with one attached hydrogen (secondary N) is 1. The van der Waals surface area contributed by atoms with Crippen LogP contribution in [-0.4, -0.2) is 22.7 Å². The van der Waals surface area contributed by atoms with Crippen molar-refractivity contribution in [3.63, 3.8) is 0 Å². The number of rotatable bonds is 9. The molecule has 1 heterocycles. The van der Waals surface area contributed by atoms with E-state index in [0.29, 0.717) is 45.8 Å². The summed E-state index contributed by atoms with van der Waals surface area (Å²) in [7, 11) is 0. The number of benzene rings is 2. The molecule has 5 nitrogen and oxygen atoms in total. The van der Waals surface area contributed by atoms with Gasteiger partial charge in [0, 0.05) is 24.0 Å². The van der Waals surface area contributed by atoms with Crippen LogP contribution in [0.25, 0.3) is 0 Å². The zero-order chi connectivity index (χ0) is 21.5. The number of ether oxygens (including phenoxy) is 1. The summed E-state index contributed by atoms with van der Waals surface area (Å²) in [4.78, 5) is 15.8. The number of para-hydroxylation sites is 1. The average Bonchev–Trinajstić information content (AvgIpc) is 2.72. The number of hydrogen-bond donors (Lipinski definition) is 2. The number of aryl methyl sites for hydroxylation is 1. The Morgan fingerprint density at radius 3 is 2.53 bits per heavy atom. The molecule has 0 aliphatic heterocycles. The Hall–Kier alpha value is -2.76. The van der Waals surface area contributed by atoms with Crippen LogP contribution in [0.1, 0.15) is 23.7 Å². The van der Waals surface area contributed by atoms with Gasteiger partial charge in [0.05, 0.1) is 28.8 Å². The van der Waals surface area contributed by atoms with E-state index in [9.17, 15) is 9.90 Å². The third-order valence-electron chi connectivity index (χ3n) is 4.56. The predicted molar refractivity (Wildman–Crippen MR) is 120 cm³/mol. The molecule has 3 aromatic rings. The molecule has 0 fully saturated rings. The van der Waals surface area contributed by atoms with Gasteiger partial charge in [0.2, 0.25) is 0 Å². The highest BCUT2D eigenvalue weighted by molar-refractivity contribution is 6.39. The van der Waals surface area contributed by atoms with E-state index in [0.717, 1.165) is 12.1 Å². The van der Waals surface area contributed by atoms with E-state index in [4.69, 9.17) is 27.9 Å². The lowest BCUT2D eigenvalue weighted by molar-refractivity contribution is -0.136. The lowest BCUT2D eigenvalue weighted by atomic mass is 10.1. The van der Waals surface area contributed by atoms with Gasteiger partial charge in [-0.2, -0.15) is 0 Å². The van der Waals surface area contributed by atoms with Gasteiger partial charge in [0.25, 0.3) is 0 Å². The van der Waals surface area contributed by atoms with Crippen LogP contribution in [0.3, 0.4) is 0 Å². The molecule has 2 N–H and O–H groups in total. The van der Waals surface area contributed by atoms with Gasteiger partial charge < -0.3 is 15.2 Å². The Morgan fingerprint density at radius 2 is 1.90 bits per heavy atom. The summed E-state index contributed by atoms with van der Waals surface area (Å²) in [5, 5.41) is 13.3. The number of carbonyl (C=O) groups is 1. The van der Waals surface area contributed by atoms with Crippen LogP contribution < -0.4 is 10.1 Å².